The second-order valence-corrected chi connectivity index (χ2v) is 7.07. The molecule has 2 atom stereocenters. The molecule has 5 nitrogen and oxygen atoms in total. The van der Waals surface area contributed by atoms with E-state index in [0.29, 0.717) is 11.1 Å². The Hall–Kier alpha value is -2.70. The molecule has 28 heavy (non-hydrogen) atoms. The Morgan fingerprint density at radius 1 is 1.14 bits per heavy atom. The lowest BCUT2D eigenvalue weighted by atomic mass is 9.89. The number of aromatic hydroxyl groups is 1. The fraction of sp³-hybridized carbons (Fsp3) is 0.318. The SMILES string of the molecule is CC(C)c1cc(O)cc(-c2ccc(F)cc2)c1C=CC(O)CC(O)CC(=O)O. The van der Waals surface area contributed by atoms with Crippen LogP contribution < -0.4 is 0 Å². The van der Waals surface area contributed by atoms with Gasteiger partial charge >= 0.3 is 5.97 Å². The number of hydrogen-bond donors (Lipinski definition) is 4. The van der Waals surface area contributed by atoms with Crippen LogP contribution in [0, 0.1) is 5.82 Å². The molecular formula is C22H25FO5. The number of phenols is 1. The van der Waals surface area contributed by atoms with Gasteiger partial charge in [-0.3, -0.25) is 4.79 Å². The third-order valence-electron chi connectivity index (χ3n) is 4.38. The predicted octanol–water partition coefficient (Wildman–Crippen LogP) is 3.92. The second-order valence-electron chi connectivity index (χ2n) is 7.07. The summed E-state index contributed by atoms with van der Waals surface area (Å²) in [7, 11) is 0. The van der Waals surface area contributed by atoms with Gasteiger partial charge in [0.2, 0.25) is 0 Å². The minimum atomic E-state index is -1.15. The molecule has 2 unspecified atom stereocenters. The molecule has 0 aliphatic rings. The van der Waals surface area contributed by atoms with Crippen LogP contribution in [0.25, 0.3) is 17.2 Å². The highest BCUT2D eigenvalue weighted by atomic mass is 19.1. The topological polar surface area (TPSA) is 98.0 Å². The van der Waals surface area contributed by atoms with Gasteiger partial charge in [0.25, 0.3) is 0 Å². The van der Waals surface area contributed by atoms with Crippen LogP contribution in [0.5, 0.6) is 5.75 Å². The van der Waals surface area contributed by atoms with E-state index in [1.54, 1.807) is 30.3 Å². The van der Waals surface area contributed by atoms with Gasteiger partial charge in [0.1, 0.15) is 11.6 Å². The van der Waals surface area contributed by atoms with E-state index >= 15 is 0 Å². The monoisotopic (exact) mass is 388 g/mol. The molecule has 6 heteroatoms. The van der Waals surface area contributed by atoms with Gasteiger partial charge in [-0.1, -0.05) is 38.1 Å². The molecule has 2 aromatic carbocycles. The first kappa shape index (κ1) is 21.6. The lowest BCUT2D eigenvalue weighted by Gasteiger charge is -2.17. The van der Waals surface area contributed by atoms with Crippen LogP contribution in [0.4, 0.5) is 4.39 Å². The summed E-state index contributed by atoms with van der Waals surface area (Å²) in [6.07, 6.45) is 0.427. The largest absolute Gasteiger partial charge is 0.508 e. The predicted molar refractivity (Wildman–Crippen MR) is 106 cm³/mol. The Morgan fingerprint density at radius 3 is 2.36 bits per heavy atom. The number of aliphatic carboxylic acids is 1. The molecule has 0 radical (unpaired) electrons. The summed E-state index contributed by atoms with van der Waals surface area (Å²) in [5.41, 5.74) is 2.98. The van der Waals surface area contributed by atoms with E-state index in [9.17, 15) is 24.5 Å². The first-order chi connectivity index (χ1) is 13.2. The molecule has 2 aromatic rings. The van der Waals surface area contributed by atoms with Gasteiger partial charge < -0.3 is 20.4 Å². The first-order valence-corrected chi connectivity index (χ1v) is 9.06. The molecule has 150 valence electrons. The summed E-state index contributed by atoms with van der Waals surface area (Å²) >= 11 is 0. The number of benzene rings is 2. The summed E-state index contributed by atoms with van der Waals surface area (Å²) in [4.78, 5) is 10.6. The van der Waals surface area contributed by atoms with E-state index in [0.717, 1.165) is 11.1 Å². The first-order valence-electron chi connectivity index (χ1n) is 9.06. The fourth-order valence-corrected chi connectivity index (χ4v) is 3.04. The van der Waals surface area contributed by atoms with Gasteiger partial charge in [0, 0.05) is 6.42 Å². The summed E-state index contributed by atoms with van der Waals surface area (Å²) < 4.78 is 13.3. The van der Waals surface area contributed by atoms with Gasteiger partial charge in [-0.05, 0) is 52.4 Å². The zero-order valence-corrected chi connectivity index (χ0v) is 15.8. The molecule has 0 spiro atoms. The number of aliphatic hydroxyl groups is 2. The number of aliphatic hydroxyl groups excluding tert-OH is 2. The number of halogens is 1. The molecule has 2 rings (SSSR count). The Bertz CT molecular complexity index is 843. The maximum atomic E-state index is 13.3. The van der Waals surface area contributed by atoms with Gasteiger partial charge in [-0.25, -0.2) is 4.39 Å². The average molecular weight is 388 g/mol. The number of carbonyl (C=O) groups is 1. The Morgan fingerprint density at radius 2 is 1.79 bits per heavy atom. The Labute approximate surface area is 163 Å². The molecule has 0 aliphatic carbocycles. The van der Waals surface area contributed by atoms with Gasteiger partial charge in [-0.2, -0.15) is 0 Å². The molecular weight excluding hydrogens is 363 g/mol. The van der Waals surface area contributed by atoms with Crippen molar-refractivity contribution in [1.82, 2.24) is 0 Å². The summed E-state index contributed by atoms with van der Waals surface area (Å²) in [6.45, 7) is 3.93. The number of phenolic OH excluding ortho intramolecular Hbond substituents is 1. The molecule has 0 aliphatic heterocycles. The van der Waals surface area contributed by atoms with Gasteiger partial charge in [0.05, 0.1) is 18.6 Å². The number of carboxylic acid groups (broad SMARTS) is 1. The van der Waals surface area contributed by atoms with Crippen LogP contribution in [0.1, 0.15) is 43.7 Å². The van der Waals surface area contributed by atoms with E-state index in [2.05, 4.69) is 0 Å². The summed E-state index contributed by atoms with van der Waals surface area (Å²) in [5, 5.41) is 38.6. The van der Waals surface area contributed by atoms with E-state index in [4.69, 9.17) is 5.11 Å². The van der Waals surface area contributed by atoms with E-state index in [-0.39, 0.29) is 23.9 Å². The van der Waals surface area contributed by atoms with Crippen molar-refractivity contribution in [2.75, 3.05) is 0 Å². The Balaban J connectivity index is 2.40. The van der Waals surface area contributed by atoms with Crippen molar-refractivity contribution in [1.29, 1.82) is 0 Å². The zero-order valence-electron chi connectivity index (χ0n) is 15.8. The Kier molecular flexibility index (Phi) is 7.31. The van der Waals surface area contributed by atoms with E-state index in [1.807, 2.05) is 13.8 Å². The third-order valence-corrected chi connectivity index (χ3v) is 4.38. The lowest BCUT2D eigenvalue weighted by molar-refractivity contribution is -0.139. The minimum Gasteiger partial charge on any atom is -0.508 e. The van der Waals surface area contributed by atoms with Crippen molar-refractivity contribution >= 4 is 12.0 Å². The number of carboxylic acids is 1. The average Bonchev–Trinajstić information content (AvgIpc) is 2.59. The van der Waals surface area contributed by atoms with Crippen molar-refractivity contribution in [3.05, 3.63) is 59.4 Å². The van der Waals surface area contributed by atoms with Crippen LogP contribution in [0.3, 0.4) is 0 Å². The maximum absolute atomic E-state index is 13.3. The molecule has 0 bridgehead atoms. The van der Waals surface area contributed by atoms with E-state index < -0.39 is 24.6 Å². The van der Waals surface area contributed by atoms with E-state index in [1.165, 1.54) is 18.2 Å². The standard InChI is InChI=1S/C22H25FO5/c1-13(2)20-10-18(26)11-21(14-3-5-15(23)6-4-14)19(20)8-7-16(24)9-17(25)12-22(27)28/h3-8,10-11,13,16-17,24-26H,9,12H2,1-2H3,(H,27,28). The molecule has 4 N–H and O–H groups in total. The lowest BCUT2D eigenvalue weighted by Crippen LogP contribution is -2.19. The van der Waals surface area contributed by atoms with Crippen LogP contribution >= 0.6 is 0 Å². The van der Waals surface area contributed by atoms with Gasteiger partial charge in [-0.15, -0.1) is 0 Å². The highest BCUT2D eigenvalue weighted by Gasteiger charge is 2.16. The highest BCUT2D eigenvalue weighted by molar-refractivity contribution is 5.79. The molecule has 0 heterocycles. The van der Waals surface area contributed by atoms with Crippen molar-refractivity contribution in [2.24, 2.45) is 0 Å². The van der Waals surface area contributed by atoms with Crippen LogP contribution in [0.15, 0.2) is 42.5 Å². The quantitative estimate of drug-likeness (QED) is 0.549. The highest BCUT2D eigenvalue weighted by Crippen LogP contribution is 2.35. The van der Waals surface area contributed by atoms with Crippen LogP contribution in [-0.4, -0.2) is 38.6 Å². The zero-order chi connectivity index (χ0) is 20.8. The number of hydrogen-bond acceptors (Lipinski definition) is 4. The minimum absolute atomic E-state index is 0.0701. The second kappa shape index (κ2) is 9.48. The van der Waals surface area contributed by atoms with Crippen molar-refractivity contribution in [3.63, 3.8) is 0 Å². The molecule has 0 amide bonds. The number of rotatable bonds is 8. The normalized spacial score (nSPS) is 13.8. The molecule has 0 aromatic heterocycles. The smallest absolute Gasteiger partial charge is 0.305 e. The maximum Gasteiger partial charge on any atom is 0.305 e. The third kappa shape index (κ3) is 5.90. The molecule has 0 saturated heterocycles. The molecule has 0 saturated carbocycles. The summed E-state index contributed by atoms with van der Waals surface area (Å²) in [6, 6.07) is 9.10. The van der Waals surface area contributed by atoms with Crippen molar-refractivity contribution in [3.8, 4) is 16.9 Å². The van der Waals surface area contributed by atoms with Gasteiger partial charge in [0.15, 0.2) is 0 Å². The summed E-state index contributed by atoms with van der Waals surface area (Å²) in [5.74, 6) is -1.35. The van der Waals surface area contributed by atoms with Crippen LogP contribution in [-0.2, 0) is 4.79 Å². The van der Waals surface area contributed by atoms with Crippen LogP contribution in [0.2, 0.25) is 0 Å². The fourth-order valence-electron chi connectivity index (χ4n) is 3.04. The molecule has 0 fully saturated rings. The van der Waals surface area contributed by atoms with Crippen molar-refractivity contribution in [2.45, 2.75) is 44.8 Å². The van der Waals surface area contributed by atoms with Crippen molar-refractivity contribution < 1.29 is 29.6 Å².